The summed E-state index contributed by atoms with van der Waals surface area (Å²) in [6.07, 6.45) is 4.21. The zero-order chi connectivity index (χ0) is 22.5. The van der Waals surface area contributed by atoms with Gasteiger partial charge in [-0.1, -0.05) is 41.4 Å². The van der Waals surface area contributed by atoms with Crippen molar-refractivity contribution in [2.75, 3.05) is 18.0 Å². The average molecular weight is 470 g/mol. The maximum atomic E-state index is 12.3. The van der Waals surface area contributed by atoms with Crippen molar-refractivity contribution in [3.05, 3.63) is 63.5 Å². The van der Waals surface area contributed by atoms with Gasteiger partial charge in [0.05, 0.1) is 15.7 Å². The smallest absolute Gasteiger partial charge is 0.268 e. The lowest BCUT2D eigenvalue weighted by atomic mass is 9.87. The largest absolute Gasteiger partial charge is 0.470 e. The number of ether oxygens (including phenoxy) is 1. The minimum absolute atomic E-state index is 0.130. The van der Waals surface area contributed by atoms with Crippen molar-refractivity contribution in [1.29, 1.82) is 0 Å². The van der Waals surface area contributed by atoms with Crippen LogP contribution in [0.5, 0.6) is 5.88 Å². The third kappa shape index (κ3) is 3.55. The van der Waals surface area contributed by atoms with E-state index in [0.29, 0.717) is 45.9 Å². The molecule has 1 fully saturated rings. The molecule has 0 saturated carbocycles. The fraction of sp³-hybridized carbons (Fsp3) is 0.304. The number of primary amides is 1. The third-order valence-electron chi connectivity index (χ3n) is 6.17. The number of anilines is 1. The number of aromatic nitrogens is 3. The van der Waals surface area contributed by atoms with Crippen LogP contribution in [0.15, 0.2) is 36.5 Å². The van der Waals surface area contributed by atoms with E-state index in [1.165, 1.54) is 0 Å². The maximum absolute atomic E-state index is 12.3. The summed E-state index contributed by atoms with van der Waals surface area (Å²) in [6, 6.07) is 9.23. The van der Waals surface area contributed by atoms with Gasteiger partial charge in [-0.25, -0.2) is 15.0 Å². The minimum Gasteiger partial charge on any atom is -0.470 e. The van der Waals surface area contributed by atoms with Gasteiger partial charge in [0.25, 0.3) is 5.91 Å². The first-order valence-electron chi connectivity index (χ1n) is 10.4. The molecule has 4 heterocycles. The number of carbonyl (C=O) groups is 1. The van der Waals surface area contributed by atoms with Gasteiger partial charge < -0.3 is 15.4 Å². The van der Waals surface area contributed by atoms with Crippen molar-refractivity contribution in [3.8, 4) is 17.0 Å². The Morgan fingerprint density at radius 3 is 2.66 bits per heavy atom. The SMILES string of the molecule is Cc1nc(N2CCC3(CC2)Cc2cccnc2O3)nc(C(N)=O)c1-c1cccc(Cl)c1Cl. The van der Waals surface area contributed by atoms with E-state index < -0.39 is 5.91 Å². The molecule has 0 bridgehead atoms. The number of nitrogens with zero attached hydrogens (tertiary/aromatic N) is 4. The van der Waals surface area contributed by atoms with Gasteiger partial charge in [-0.3, -0.25) is 4.79 Å². The number of nitrogens with two attached hydrogens (primary N) is 1. The predicted octanol–water partition coefficient (Wildman–Crippen LogP) is 4.23. The van der Waals surface area contributed by atoms with Crippen LogP contribution >= 0.6 is 23.2 Å². The van der Waals surface area contributed by atoms with Crippen LogP contribution < -0.4 is 15.4 Å². The molecule has 164 valence electrons. The van der Waals surface area contributed by atoms with E-state index in [9.17, 15) is 4.79 Å². The zero-order valence-corrected chi connectivity index (χ0v) is 19.0. The molecule has 2 aliphatic rings. The predicted molar refractivity (Wildman–Crippen MR) is 123 cm³/mol. The number of benzene rings is 1. The molecule has 7 nitrogen and oxygen atoms in total. The molecule has 1 amide bonds. The van der Waals surface area contributed by atoms with Gasteiger partial charge in [0, 0.05) is 55.2 Å². The Hall–Kier alpha value is -2.90. The molecular formula is C23H21Cl2N5O2. The highest BCUT2D eigenvalue weighted by atomic mass is 35.5. The van der Waals surface area contributed by atoms with Crippen molar-refractivity contribution >= 4 is 35.1 Å². The summed E-state index contributed by atoms with van der Waals surface area (Å²) in [6.45, 7) is 3.21. The van der Waals surface area contributed by atoms with Gasteiger partial charge >= 0.3 is 0 Å². The number of halogens is 2. The molecule has 2 N–H and O–H groups in total. The fourth-order valence-electron chi connectivity index (χ4n) is 4.53. The van der Waals surface area contributed by atoms with Crippen molar-refractivity contribution in [2.45, 2.75) is 31.8 Å². The number of piperidine rings is 1. The van der Waals surface area contributed by atoms with E-state index in [2.05, 4.69) is 20.9 Å². The molecule has 1 saturated heterocycles. The van der Waals surface area contributed by atoms with E-state index in [-0.39, 0.29) is 11.3 Å². The van der Waals surface area contributed by atoms with E-state index in [1.54, 1.807) is 24.4 Å². The summed E-state index contributed by atoms with van der Waals surface area (Å²) in [4.78, 5) is 28.0. The van der Waals surface area contributed by atoms with Gasteiger partial charge in [0.15, 0.2) is 0 Å². The van der Waals surface area contributed by atoms with Crippen molar-refractivity contribution in [3.63, 3.8) is 0 Å². The highest BCUT2D eigenvalue weighted by molar-refractivity contribution is 6.43. The molecule has 5 rings (SSSR count). The molecule has 1 aromatic carbocycles. The number of aryl methyl sites for hydroxylation is 1. The highest BCUT2D eigenvalue weighted by Crippen LogP contribution is 2.41. The van der Waals surface area contributed by atoms with E-state index in [1.807, 2.05) is 13.0 Å². The van der Waals surface area contributed by atoms with Crippen LogP contribution in [0.25, 0.3) is 11.1 Å². The van der Waals surface area contributed by atoms with Gasteiger partial charge in [-0.2, -0.15) is 0 Å². The minimum atomic E-state index is -0.642. The Balaban J connectivity index is 1.43. The van der Waals surface area contributed by atoms with E-state index in [4.69, 9.17) is 38.7 Å². The van der Waals surface area contributed by atoms with Crippen LogP contribution in [0, 0.1) is 6.92 Å². The quantitative estimate of drug-likeness (QED) is 0.616. The summed E-state index contributed by atoms with van der Waals surface area (Å²) in [5.74, 6) is 0.561. The van der Waals surface area contributed by atoms with Crippen LogP contribution in [-0.2, 0) is 6.42 Å². The van der Waals surface area contributed by atoms with E-state index in [0.717, 1.165) is 30.7 Å². The molecule has 1 spiro atoms. The lowest BCUT2D eigenvalue weighted by molar-refractivity contribution is 0.0625. The fourth-order valence-corrected chi connectivity index (χ4v) is 4.92. The first-order chi connectivity index (χ1) is 15.4. The second-order valence-corrected chi connectivity index (χ2v) is 9.00. The molecule has 0 aliphatic carbocycles. The Bertz CT molecular complexity index is 1200. The second-order valence-electron chi connectivity index (χ2n) is 8.21. The summed E-state index contributed by atoms with van der Waals surface area (Å²) in [7, 11) is 0. The monoisotopic (exact) mass is 469 g/mol. The first kappa shape index (κ1) is 21.0. The molecular weight excluding hydrogens is 449 g/mol. The van der Waals surface area contributed by atoms with Gasteiger partial charge in [0.2, 0.25) is 11.8 Å². The molecule has 0 unspecified atom stereocenters. The maximum Gasteiger partial charge on any atom is 0.268 e. The Morgan fingerprint density at radius 1 is 1.16 bits per heavy atom. The Labute approximate surface area is 195 Å². The van der Waals surface area contributed by atoms with Crippen LogP contribution in [0.2, 0.25) is 10.0 Å². The second kappa shape index (κ2) is 7.90. The summed E-state index contributed by atoms with van der Waals surface area (Å²) in [5.41, 5.74) is 8.43. The van der Waals surface area contributed by atoms with Gasteiger partial charge in [-0.15, -0.1) is 0 Å². The van der Waals surface area contributed by atoms with Crippen molar-refractivity contribution in [2.24, 2.45) is 5.73 Å². The number of fused-ring (bicyclic) bond motifs is 1. The number of hydrogen-bond acceptors (Lipinski definition) is 6. The average Bonchev–Trinajstić information content (AvgIpc) is 3.13. The molecule has 32 heavy (non-hydrogen) atoms. The summed E-state index contributed by atoms with van der Waals surface area (Å²) in [5, 5.41) is 0.721. The first-order valence-corrected chi connectivity index (χ1v) is 11.1. The molecule has 2 aliphatic heterocycles. The molecule has 3 aromatic rings. The third-order valence-corrected chi connectivity index (χ3v) is 6.98. The topological polar surface area (TPSA) is 94.2 Å². The number of rotatable bonds is 3. The molecule has 9 heteroatoms. The number of amides is 1. The standard InChI is InChI=1S/C23H21Cl2N5O2/c1-13-17(15-5-2-6-16(24)18(15)25)19(20(26)31)29-22(28-13)30-10-7-23(8-11-30)12-14-4-3-9-27-21(14)32-23/h2-6,9H,7-8,10-12H2,1H3,(H2,26,31). The van der Waals surface area contributed by atoms with Crippen LogP contribution in [0.3, 0.4) is 0 Å². The normalized spacial score (nSPS) is 16.7. The zero-order valence-electron chi connectivity index (χ0n) is 17.4. The lowest BCUT2D eigenvalue weighted by Crippen LogP contribution is -2.48. The van der Waals surface area contributed by atoms with E-state index >= 15 is 0 Å². The van der Waals surface area contributed by atoms with Crippen molar-refractivity contribution in [1.82, 2.24) is 15.0 Å². The molecule has 2 aromatic heterocycles. The molecule has 0 radical (unpaired) electrons. The number of pyridine rings is 1. The van der Waals surface area contributed by atoms with Gasteiger partial charge in [-0.05, 0) is 19.1 Å². The van der Waals surface area contributed by atoms with Crippen LogP contribution in [-0.4, -0.2) is 39.5 Å². The Morgan fingerprint density at radius 2 is 1.94 bits per heavy atom. The number of carbonyl (C=O) groups excluding carboxylic acids is 1. The lowest BCUT2D eigenvalue weighted by Gasteiger charge is -2.38. The summed E-state index contributed by atoms with van der Waals surface area (Å²) < 4.78 is 6.23. The summed E-state index contributed by atoms with van der Waals surface area (Å²) >= 11 is 12.6. The van der Waals surface area contributed by atoms with Crippen molar-refractivity contribution < 1.29 is 9.53 Å². The Kier molecular flexibility index (Phi) is 5.18. The highest BCUT2D eigenvalue weighted by Gasteiger charge is 2.43. The van der Waals surface area contributed by atoms with Crippen LogP contribution in [0.1, 0.15) is 34.6 Å². The van der Waals surface area contributed by atoms with Crippen LogP contribution in [0.4, 0.5) is 5.95 Å². The van der Waals surface area contributed by atoms with Gasteiger partial charge in [0.1, 0.15) is 11.3 Å². The molecule has 0 atom stereocenters. The number of hydrogen-bond donors (Lipinski definition) is 1.